The van der Waals surface area contributed by atoms with Gasteiger partial charge in [-0.05, 0) is 32.0 Å². The van der Waals surface area contributed by atoms with Gasteiger partial charge in [0.1, 0.15) is 11.6 Å². The van der Waals surface area contributed by atoms with Crippen LogP contribution >= 0.6 is 0 Å². The molecule has 0 saturated carbocycles. The molecule has 1 aromatic heterocycles. The maximum absolute atomic E-state index is 13.3. The molecular formula is C19H24N4O2. The standard InChI is InChI=1S/C19H24N4O2/c1-25-17-5-3-2-4-15(17)16-12-22-11-10-21-18(22)13-23(16)19(24)14-6-8-20-9-7-14/h2-5,10-11,14,16,20H,6-9,12-13H2,1H3/t16-/m1/s1. The molecule has 2 aliphatic rings. The Kier molecular flexibility index (Phi) is 4.44. The Hall–Kier alpha value is -2.34. The second-order valence-corrected chi connectivity index (χ2v) is 6.74. The predicted octanol–water partition coefficient (Wildman–Crippen LogP) is 1.97. The number of nitrogens with one attached hydrogen (secondary N) is 1. The largest absolute Gasteiger partial charge is 0.496 e. The summed E-state index contributed by atoms with van der Waals surface area (Å²) in [5.74, 6) is 2.12. The van der Waals surface area contributed by atoms with Gasteiger partial charge in [-0.15, -0.1) is 0 Å². The van der Waals surface area contributed by atoms with E-state index in [1.54, 1.807) is 7.11 Å². The lowest BCUT2D eigenvalue weighted by Gasteiger charge is -2.39. The van der Waals surface area contributed by atoms with Crippen molar-refractivity contribution in [2.24, 2.45) is 5.92 Å². The number of imidazole rings is 1. The fraction of sp³-hybridized carbons (Fsp3) is 0.474. The van der Waals surface area contributed by atoms with Crippen LogP contribution in [0.2, 0.25) is 0 Å². The lowest BCUT2D eigenvalue weighted by Crippen LogP contribution is -2.46. The third kappa shape index (κ3) is 3.02. The van der Waals surface area contributed by atoms with Gasteiger partial charge in [-0.2, -0.15) is 0 Å². The Morgan fingerprint density at radius 1 is 1.28 bits per heavy atom. The summed E-state index contributed by atoms with van der Waals surface area (Å²) in [6.45, 7) is 3.10. The number of hydrogen-bond donors (Lipinski definition) is 1. The first kappa shape index (κ1) is 16.1. The van der Waals surface area contributed by atoms with E-state index in [2.05, 4.69) is 20.9 Å². The number of rotatable bonds is 3. The van der Waals surface area contributed by atoms with Crippen molar-refractivity contribution in [3.8, 4) is 5.75 Å². The summed E-state index contributed by atoms with van der Waals surface area (Å²) in [5, 5.41) is 3.34. The molecule has 1 amide bonds. The first-order chi connectivity index (χ1) is 12.3. The van der Waals surface area contributed by atoms with Crippen LogP contribution in [0.4, 0.5) is 0 Å². The van der Waals surface area contributed by atoms with Gasteiger partial charge in [-0.1, -0.05) is 18.2 Å². The van der Waals surface area contributed by atoms with E-state index < -0.39 is 0 Å². The van der Waals surface area contributed by atoms with Gasteiger partial charge in [0, 0.05) is 30.4 Å². The Bertz CT molecular complexity index is 751. The zero-order valence-electron chi connectivity index (χ0n) is 14.5. The minimum absolute atomic E-state index is 0.0276. The smallest absolute Gasteiger partial charge is 0.226 e. The average molecular weight is 340 g/mol. The summed E-state index contributed by atoms with van der Waals surface area (Å²) in [5.41, 5.74) is 1.06. The van der Waals surface area contributed by atoms with Crippen LogP contribution in [0.5, 0.6) is 5.75 Å². The quantitative estimate of drug-likeness (QED) is 0.928. The molecule has 2 aliphatic heterocycles. The molecule has 0 radical (unpaired) electrons. The Morgan fingerprint density at radius 2 is 2.08 bits per heavy atom. The zero-order valence-corrected chi connectivity index (χ0v) is 14.5. The van der Waals surface area contributed by atoms with Gasteiger partial charge in [0.05, 0.1) is 19.7 Å². The summed E-state index contributed by atoms with van der Waals surface area (Å²) in [6, 6.07) is 7.97. The fourth-order valence-corrected chi connectivity index (χ4v) is 3.95. The monoisotopic (exact) mass is 340 g/mol. The number of aromatic nitrogens is 2. The lowest BCUT2D eigenvalue weighted by atomic mass is 9.93. The molecular weight excluding hydrogens is 316 g/mol. The Balaban J connectivity index is 1.69. The van der Waals surface area contributed by atoms with Gasteiger partial charge in [-0.25, -0.2) is 4.98 Å². The van der Waals surface area contributed by atoms with E-state index >= 15 is 0 Å². The van der Waals surface area contributed by atoms with Crippen molar-refractivity contribution in [3.05, 3.63) is 48.0 Å². The normalized spacial score (nSPS) is 21.0. The molecule has 3 heterocycles. The number of fused-ring (bicyclic) bond motifs is 1. The van der Waals surface area contributed by atoms with Crippen LogP contribution in [0.1, 0.15) is 30.3 Å². The molecule has 0 bridgehead atoms. The molecule has 6 nitrogen and oxygen atoms in total. The van der Waals surface area contributed by atoms with Crippen LogP contribution in [0.25, 0.3) is 0 Å². The molecule has 0 aliphatic carbocycles. The summed E-state index contributed by atoms with van der Waals surface area (Å²) in [7, 11) is 1.68. The Labute approximate surface area is 147 Å². The van der Waals surface area contributed by atoms with Crippen molar-refractivity contribution in [2.75, 3.05) is 20.2 Å². The first-order valence-electron chi connectivity index (χ1n) is 8.92. The van der Waals surface area contributed by atoms with Crippen LogP contribution in [0, 0.1) is 5.92 Å². The molecule has 132 valence electrons. The molecule has 0 spiro atoms. The summed E-state index contributed by atoms with van der Waals surface area (Å²) in [4.78, 5) is 19.7. The fourth-order valence-electron chi connectivity index (χ4n) is 3.95. The third-order valence-electron chi connectivity index (χ3n) is 5.33. The van der Waals surface area contributed by atoms with E-state index in [1.807, 2.05) is 35.5 Å². The topological polar surface area (TPSA) is 59.4 Å². The predicted molar refractivity (Wildman–Crippen MR) is 94.1 cm³/mol. The number of carbonyl (C=O) groups excluding carboxylic acids is 1. The number of carbonyl (C=O) groups is 1. The Morgan fingerprint density at radius 3 is 2.88 bits per heavy atom. The van der Waals surface area contributed by atoms with Crippen molar-refractivity contribution in [1.82, 2.24) is 19.8 Å². The maximum atomic E-state index is 13.3. The molecule has 1 aromatic carbocycles. The number of amides is 1. The number of hydrogen-bond acceptors (Lipinski definition) is 4. The molecule has 0 unspecified atom stereocenters. The maximum Gasteiger partial charge on any atom is 0.226 e. The van der Waals surface area contributed by atoms with Crippen LogP contribution in [0.15, 0.2) is 36.7 Å². The molecule has 1 N–H and O–H groups in total. The van der Waals surface area contributed by atoms with Gasteiger partial charge in [0.2, 0.25) is 5.91 Å². The second-order valence-electron chi connectivity index (χ2n) is 6.74. The number of methoxy groups -OCH3 is 1. The van der Waals surface area contributed by atoms with Gasteiger partial charge in [-0.3, -0.25) is 4.79 Å². The molecule has 2 aromatic rings. The minimum Gasteiger partial charge on any atom is -0.496 e. The van der Waals surface area contributed by atoms with Crippen LogP contribution < -0.4 is 10.1 Å². The second kappa shape index (κ2) is 6.88. The summed E-state index contributed by atoms with van der Waals surface area (Å²) >= 11 is 0. The summed E-state index contributed by atoms with van der Waals surface area (Å²) < 4.78 is 7.71. The molecule has 25 heavy (non-hydrogen) atoms. The number of para-hydroxylation sites is 1. The number of ether oxygens (including phenoxy) is 1. The van der Waals surface area contributed by atoms with Gasteiger partial charge >= 0.3 is 0 Å². The average Bonchev–Trinajstić information content (AvgIpc) is 3.14. The van der Waals surface area contributed by atoms with Gasteiger partial charge < -0.3 is 19.5 Å². The van der Waals surface area contributed by atoms with Crippen LogP contribution in [-0.4, -0.2) is 40.6 Å². The van der Waals surface area contributed by atoms with Gasteiger partial charge in [0.15, 0.2) is 0 Å². The molecule has 6 heteroatoms. The molecule has 1 atom stereocenters. The number of piperidine rings is 1. The first-order valence-corrected chi connectivity index (χ1v) is 8.92. The van der Waals surface area contributed by atoms with Crippen LogP contribution in [-0.2, 0) is 17.9 Å². The van der Waals surface area contributed by atoms with Gasteiger partial charge in [0.25, 0.3) is 0 Å². The van der Waals surface area contributed by atoms with E-state index in [-0.39, 0.29) is 17.9 Å². The number of benzene rings is 1. The van der Waals surface area contributed by atoms with Crippen LogP contribution in [0.3, 0.4) is 0 Å². The highest BCUT2D eigenvalue weighted by Crippen LogP contribution is 2.36. The highest BCUT2D eigenvalue weighted by atomic mass is 16.5. The van der Waals surface area contributed by atoms with Crippen molar-refractivity contribution < 1.29 is 9.53 Å². The van der Waals surface area contributed by atoms with E-state index in [4.69, 9.17) is 4.74 Å². The van der Waals surface area contributed by atoms with E-state index in [9.17, 15) is 4.79 Å². The van der Waals surface area contributed by atoms with E-state index in [0.29, 0.717) is 13.1 Å². The summed E-state index contributed by atoms with van der Waals surface area (Å²) in [6.07, 6.45) is 5.61. The highest BCUT2D eigenvalue weighted by molar-refractivity contribution is 5.79. The van der Waals surface area contributed by atoms with E-state index in [1.165, 1.54) is 0 Å². The SMILES string of the molecule is COc1ccccc1[C@H]1Cn2ccnc2CN1C(=O)C1CCNCC1. The highest BCUT2D eigenvalue weighted by Gasteiger charge is 2.36. The molecule has 1 saturated heterocycles. The number of nitrogens with zero attached hydrogens (tertiary/aromatic N) is 3. The third-order valence-corrected chi connectivity index (χ3v) is 5.33. The lowest BCUT2D eigenvalue weighted by molar-refractivity contribution is -0.141. The zero-order chi connectivity index (χ0) is 17.2. The van der Waals surface area contributed by atoms with Crippen molar-refractivity contribution in [3.63, 3.8) is 0 Å². The van der Waals surface area contributed by atoms with Crippen molar-refractivity contribution in [1.29, 1.82) is 0 Å². The van der Waals surface area contributed by atoms with Crippen molar-refractivity contribution >= 4 is 5.91 Å². The van der Waals surface area contributed by atoms with E-state index in [0.717, 1.165) is 43.1 Å². The van der Waals surface area contributed by atoms with Crippen molar-refractivity contribution in [2.45, 2.75) is 32.0 Å². The minimum atomic E-state index is -0.0276. The molecule has 1 fully saturated rings. The molecule has 4 rings (SSSR count).